The summed E-state index contributed by atoms with van der Waals surface area (Å²) in [7, 11) is 0. The number of aldehydes is 1. The van der Waals surface area contributed by atoms with Crippen molar-refractivity contribution in [3.63, 3.8) is 0 Å². The second-order valence-corrected chi connectivity index (χ2v) is 1.94. The van der Waals surface area contributed by atoms with Gasteiger partial charge in [-0.3, -0.25) is 9.59 Å². The van der Waals surface area contributed by atoms with Crippen molar-refractivity contribution in [2.45, 2.75) is 0 Å². The topological polar surface area (TPSA) is 73.3 Å². The van der Waals surface area contributed by atoms with Gasteiger partial charge in [0.1, 0.15) is 0 Å². The third kappa shape index (κ3) is 1.35. The Labute approximate surface area is 63.0 Å². The van der Waals surface area contributed by atoms with Crippen LogP contribution in [0.1, 0.15) is 20.9 Å². The van der Waals surface area contributed by atoms with Gasteiger partial charge >= 0.3 is 0 Å². The molecule has 4 heteroatoms. The van der Waals surface area contributed by atoms with Gasteiger partial charge in [-0.1, -0.05) is 0 Å². The standard InChI is InChI=1S/C7H7NO3/c8-3-6(10)5-1-2-11-7(5)4-9/h1-2,4H,3,8H2. The molecule has 0 aliphatic rings. The van der Waals surface area contributed by atoms with Crippen molar-refractivity contribution in [2.24, 2.45) is 5.73 Å². The number of Topliss-reactive ketones (excluding diaryl/α,β-unsaturated/α-hetero) is 1. The highest BCUT2D eigenvalue weighted by molar-refractivity contribution is 6.02. The molecule has 2 N–H and O–H groups in total. The molecule has 1 heterocycles. The van der Waals surface area contributed by atoms with E-state index in [4.69, 9.17) is 10.2 Å². The first-order chi connectivity index (χ1) is 5.29. The van der Waals surface area contributed by atoms with Crippen LogP contribution in [0.15, 0.2) is 16.7 Å². The van der Waals surface area contributed by atoms with Crippen molar-refractivity contribution in [3.8, 4) is 0 Å². The largest absolute Gasteiger partial charge is 0.461 e. The minimum absolute atomic E-state index is 0.0421. The number of carbonyl (C=O) groups excluding carboxylic acids is 2. The third-order valence-corrected chi connectivity index (χ3v) is 1.29. The van der Waals surface area contributed by atoms with Gasteiger partial charge in [0, 0.05) is 0 Å². The molecule has 0 atom stereocenters. The van der Waals surface area contributed by atoms with Gasteiger partial charge in [0.2, 0.25) is 0 Å². The number of nitrogens with two attached hydrogens (primary N) is 1. The number of hydrogen-bond acceptors (Lipinski definition) is 4. The maximum Gasteiger partial charge on any atom is 0.186 e. The number of furan rings is 1. The molecule has 1 aromatic rings. The molecule has 0 aromatic carbocycles. The molecule has 0 unspecified atom stereocenters. The average Bonchev–Trinajstić information content (AvgIpc) is 2.50. The second kappa shape index (κ2) is 3.12. The zero-order valence-electron chi connectivity index (χ0n) is 5.74. The normalized spacial score (nSPS) is 9.55. The van der Waals surface area contributed by atoms with Gasteiger partial charge in [-0.2, -0.15) is 0 Å². The van der Waals surface area contributed by atoms with E-state index in [9.17, 15) is 9.59 Å². The van der Waals surface area contributed by atoms with Crippen molar-refractivity contribution in [3.05, 3.63) is 23.7 Å². The lowest BCUT2D eigenvalue weighted by Crippen LogP contribution is -2.14. The Bertz CT molecular complexity index is 277. The molecule has 0 amide bonds. The van der Waals surface area contributed by atoms with Gasteiger partial charge in [-0.05, 0) is 6.07 Å². The van der Waals surface area contributed by atoms with E-state index >= 15 is 0 Å². The lowest BCUT2D eigenvalue weighted by molar-refractivity contribution is 0.0990. The first-order valence-electron chi connectivity index (χ1n) is 3.05. The van der Waals surface area contributed by atoms with Gasteiger partial charge in [0.25, 0.3) is 0 Å². The summed E-state index contributed by atoms with van der Waals surface area (Å²) in [6.45, 7) is -0.111. The van der Waals surface area contributed by atoms with E-state index in [0.29, 0.717) is 6.29 Å². The van der Waals surface area contributed by atoms with Crippen molar-refractivity contribution in [2.75, 3.05) is 6.54 Å². The number of hydrogen-bond donors (Lipinski definition) is 1. The number of ketones is 1. The maximum atomic E-state index is 10.9. The van der Waals surface area contributed by atoms with Crippen LogP contribution in [0.25, 0.3) is 0 Å². The van der Waals surface area contributed by atoms with Crippen molar-refractivity contribution in [1.29, 1.82) is 0 Å². The van der Waals surface area contributed by atoms with Crippen LogP contribution >= 0.6 is 0 Å². The van der Waals surface area contributed by atoms with Crippen LogP contribution in [0.4, 0.5) is 0 Å². The summed E-state index contributed by atoms with van der Waals surface area (Å²) in [4.78, 5) is 21.1. The highest BCUT2D eigenvalue weighted by atomic mass is 16.3. The van der Waals surface area contributed by atoms with E-state index in [0.717, 1.165) is 0 Å². The quantitative estimate of drug-likeness (QED) is 0.498. The predicted octanol–water partition coefficient (Wildman–Crippen LogP) is 0.233. The van der Waals surface area contributed by atoms with Gasteiger partial charge in [0.15, 0.2) is 17.8 Å². The molecule has 58 valence electrons. The summed E-state index contributed by atoms with van der Waals surface area (Å²) < 4.78 is 4.69. The number of carbonyl (C=O) groups is 2. The van der Waals surface area contributed by atoms with Crippen LogP contribution < -0.4 is 5.73 Å². The van der Waals surface area contributed by atoms with E-state index in [1.54, 1.807) is 0 Å². The smallest absolute Gasteiger partial charge is 0.186 e. The third-order valence-electron chi connectivity index (χ3n) is 1.29. The zero-order valence-corrected chi connectivity index (χ0v) is 5.74. The highest BCUT2D eigenvalue weighted by Crippen LogP contribution is 2.07. The molecule has 0 radical (unpaired) electrons. The van der Waals surface area contributed by atoms with E-state index in [-0.39, 0.29) is 23.7 Å². The highest BCUT2D eigenvalue weighted by Gasteiger charge is 2.11. The van der Waals surface area contributed by atoms with Crippen LogP contribution in [0.2, 0.25) is 0 Å². The molecular weight excluding hydrogens is 146 g/mol. The summed E-state index contributed by atoms with van der Waals surface area (Å²) in [6, 6.07) is 1.43. The summed E-state index contributed by atoms with van der Waals surface area (Å²) in [5, 5.41) is 0. The Balaban J connectivity index is 3.01. The van der Waals surface area contributed by atoms with Gasteiger partial charge in [-0.15, -0.1) is 0 Å². The van der Waals surface area contributed by atoms with Crippen LogP contribution in [-0.2, 0) is 0 Å². The van der Waals surface area contributed by atoms with Crippen LogP contribution in [-0.4, -0.2) is 18.6 Å². The molecular formula is C7H7NO3. The van der Waals surface area contributed by atoms with Crippen LogP contribution in [0, 0.1) is 0 Å². The van der Waals surface area contributed by atoms with Crippen molar-refractivity contribution in [1.82, 2.24) is 0 Å². The monoisotopic (exact) mass is 153 g/mol. The van der Waals surface area contributed by atoms with Crippen LogP contribution in [0.5, 0.6) is 0 Å². The van der Waals surface area contributed by atoms with Gasteiger partial charge in [-0.25, -0.2) is 0 Å². The Morgan fingerprint density at radius 3 is 3.00 bits per heavy atom. The summed E-state index contributed by atoms with van der Waals surface area (Å²) in [5.74, 6) is -0.249. The maximum absolute atomic E-state index is 10.9. The van der Waals surface area contributed by atoms with Crippen molar-refractivity contribution >= 4 is 12.1 Å². The Kier molecular flexibility index (Phi) is 2.18. The van der Waals surface area contributed by atoms with E-state index in [1.165, 1.54) is 12.3 Å². The molecule has 0 aliphatic carbocycles. The number of rotatable bonds is 3. The van der Waals surface area contributed by atoms with E-state index in [1.807, 2.05) is 0 Å². The molecule has 0 saturated heterocycles. The van der Waals surface area contributed by atoms with Gasteiger partial charge < -0.3 is 10.2 Å². The zero-order chi connectivity index (χ0) is 8.27. The fourth-order valence-corrected chi connectivity index (χ4v) is 0.753. The fourth-order valence-electron chi connectivity index (χ4n) is 0.753. The Hall–Kier alpha value is -1.42. The second-order valence-electron chi connectivity index (χ2n) is 1.94. The average molecular weight is 153 g/mol. The lowest BCUT2D eigenvalue weighted by atomic mass is 10.2. The summed E-state index contributed by atoms with van der Waals surface area (Å²) in [5.41, 5.74) is 5.33. The minimum Gasteiger partial charge on any atom is -0.461 e. The lowest BCUT2D eigenvalue weighted by Gasteiger charge is -1.90. The molecule has 0 fully saturated rings. The Morgan fingerprint density at radius 2 is 2.45 bits per heavy atom. The molecule has 4 nitrogen and oxygen atoms in total. The van der Waals surface area contributed by atoms with E-state index < -0.39 is 0 Å². The first kappa shape index (κ1) is 7.68. The summed E-state index contributed by atoms with van der Waals surface area (Å²) in [6.07, 6.45) is 1.77. The molecule has 0 saturated carbocycles. The molecule has 11 heavy (non-hydrogen) atoms. The molecule has 0 bridgehead atoms. The predicted molar refractivity (Wildman–Crippen MR) is 37.5 cm³/mol. The SMILES string of the molecule is NCC(=O)c1ccoc1C=O. The van der Waals surface area contributed by atoms with Gasteiger partial charge in [0.05, 0.1) is 18.4 Å². The Morgan fingerprint density at radius 1 is 1.73 bits per heavy atom. The van der Waals surface area contributed by atoms with Crippen LogP contribution in [0.3, 0.4) is 0 Å². The molecule has 0 spiro atoms. The molecule has 0 aliphatic heterocycles. The first-order valence-corrected chi connectivity index (χ1v) is 3.05. The molecule has 1 aromatic heterocycles. The fraction of sp³-hybridized carbons (Fsp3) is 0.143. The summed E-state index contributed by atoms with van der Waals surface area (Å²) >= 11 is 0. The van der Waals surface area contributed by atoms with E-state index in [2.05, 4.69) is 0 Å². The van der Waals surface area contributed by atoms with Crippen molar-refractivity contribution < 1.29 is 14.0 Å². The molecule has 1 rings (SSSR count). The minimum atomic E-state index is -0.291.